The Labute approximate surface area is 119 Å². The van der Waals surface area contributed by atoms with E-state index in [-0.39, 0.29) is 11.2 Å². The molecular weight excluding hydrogens is 327 g/mol. The maximum atomic E-state index is 6.46. The summed E-state index contributed by atoms with van der Waals surface area (Å²) in [6.45, 7) is 13.5. The second kappa shape index (κ2) is 4.94. The van der Waals surface area contributed by atoms with Crippen LogP contribution in [0.15, 0.2) is 0 Å². The molecule has 0 aliphatic carbocycles. The van der Waals surface area contributed by atoms with Crippen LogP contribution in [0, 0.1) is 0 Å². The van der Waals surface area contributed by atoms with Gasteiger partial charge >= 0.3 is 0 Å². The van der Waals surface area contributed by atoms with Crippen LogP contribution in [0.2, 0.25) is 0 Å². The van der Waals surface area contributed by atoms with Crippen LogP contribution in [0.5, 0.6) is 0 Å². The minimum absolute atomic E-state index is 0.00401. The van der Waals surface area contributed by atoms with Crippen LogP contribution in [0.3, 0.4) is 0 Å². The first-order chi connectivity index (χ1) is 7.82. The molecule has 1 spiro atoms. The van der Waals surface area contributed by atoms with Crippen LogP contribution in [0.1, 0.15) is 40.5 Å². The van der Waals surface area contributed by atoms with Crippen molar-refractivity contribution in [2.45, 2.75) is 57.8 Å². The number of nitrogens with zero attached hydrogens (tertiary/aromatic N) is 2. The number of hydrogen-bond acceptors (Lipinski definition) is 3. The summed E-state index contributed by atoms with van der Waals surface area (Å²) >= 11 is 2.43. The Morgan fingerprint density at radius 1 is 1.12 bits per heavy atom. The van der Waals surface area contributed by atoms with E-state index in [9.17, 15) is 0 Å². The number of morpholine rings is 1. The predicted molar refractivity (Wildman–Crippen MR) is 79.4 cm³/mol. The summed E-state index contributed by atoms with van der Waals surface area (Å²) < 4.78 is 8.84. The molecule has 0 amide bonds. The van der Waals surface area contributed by atoms with E-state index in [1.165, 1.54) is 12.8 Å². The molecule has 0 aromatic carbocycles. The molecule has 2 saturated heterocycles. The zero-order valence-corrected chi connectivity index (χ0v) is 13.7. The third kappa shape index (κ3) is 3.33. The SMILES string of the molecule is CC(C)N1CC(C)(C)OC2(CCN(I)CC2)C1. The van der Waals surface area contributed by atoms with Crippen molar-refractivity contribution in [2.75, 3.05) is 26.2 Å². The highest BCUT2D eigenvalue weighted by Gasteiger charge is 2.46. The Kier molecular flexibility index (Phi) is 4.08. The summed E-state index contributed by atoms with van der Waals surface area (Å²) in [5, 5.41) is 0. The van der Waals surface area contributed by atoms with Crippen molar-refractivity contribution in [2.24, 2.45) is 0 Å². The summed E-state index contributed by atoms with van der Waals surface area (Å²) in [6, 6.07) is 0.618. The fraction of sp³-hybridized carbons (Fsp3) is 1.00. The fourth-order valence-electron chi connectivity index (χ4n) is 3.08. The van der Waals surface area contributed by atoms with E-state index in [0.29, 0.717) is 6.04 Å². The Hall–Kier alpha value is 0.610. The summed E-state index contributed by atoms with van der Waals surface area (Å²) in [5.74, 6) is 0. The molecule has 0 bridgehead atoms. The maximum absolute atomic E-state index is 6.46. The van der Waals surface area contributed by atoms with E-state index in [1.807, 2.05) is 0 Å². The smallest absolute Gasteiger partial charge is 0.0841 e. The largest absolute Gasteiger partial charge is 0.366 e. The molecule has 0 atom stereocenters. The van der Waals surface area contributed by atoms with Crippen LogP contribution in [0.25, 0.3) is 0 Å². The number of piperidine rings is 1. The minimum Gasteiger partial charge on any atom is -0.366 e. The van der Waals surface area contributed by atoms with Crippen LogP contribution < -0.4 is 0 Å². The van der Waals surface area contributed by atoms with Gasteiger partial charge in [0.25, 0.3) is 0 Å². The second-order valence-electron chi connectivity index (χ2n) is 6.45. The first-order valence-electron chi connectivity index (χ1n) is 6.67. The average Bonchev–Trinajstić information content (AvgIpc) is 2.20. The molecule has 0 unspecified atom stereocenters. The number of halogens is 1. The molecule has 0 aromatic rings. The lowest BCUT2D eigenvalue weighted by Crippen LogP contribution is -2.63. The van der Waals surface area contributed by atoms with E-state index in [2.05, 4.69) is 58.6 Å². The van der Waals surface area contributed by atoms with E-state index in [4.69, 9.17) is 4.74 Å². The van der Waals surface area contributed by atoms with Gasteiger partial charge in [0, 0.05) is 55.1 Å². The lowest BCUT2D eigenvalue weighted by atomic mass is 9.87. The van der Waals surface area contributed by atoms with Crippen molar-refractivity contribution < 1.29 is 4.74 Å². The van der Waals surface area contributed by atoms with Gasteiger partial charge in [-0.25, -0.2) is 3.11 Å². The van der Waals surface area contributed by atoms with Gasteiger partial charge in [0.05, 0.1) is 11.2 Å². The van der Waals surface area contributed by atoms with Crippen molar-refractivity contribution in [3.63, 3.8) is 0 Å². The zero-order chi connectivity index (χ0) is 12.7. The van der Waals surface area contributed by atoms with Gasteiger partial charge < -0.3 is 4.74 Å². The zero-order valence-electron chi connectivity index (χ0n) is 11.5. The monoisotopic (exact) mass is 352 g/mol. The average molecular weight is 352 g/mol. The van der Waals surface area contributed by atoms with Crippen LogP contribution in [-0.2, 0) is 4.74 Å². The molecule has 0 aromatic heterocycles. The van der Waals surface area contributed by atoms with Crippen molar-refractivity contribution in [1.82, 2.24) is 8.01 Å². The number of hydrogen-bond donors (Lipinski definition) is 0. The quantitative estimate of drug-likeness (QED) is 0.533. The molecule has 4 heteroatoms. The third-order valence-corrected chi connectivity index (χ3v) is 4.88. The molecule has 2 aliphatic heterocycles. The first-order valence-corrected chi connectivity index (χ1v) is 7.63. The van der Waals surface area contributed by atoms with Gasteiger partial charge in [-0.15, -0.1) is 0 Å². The Bertz CT molecular complexity index is 273. The molecule has 0 N–H and O–H groups in total. The van der Waals surface area contributed by atoms with Gasteiger partial charge in [0.2, 0.25) is 0 Å². The molecule has 2 fully saturated rings. The van der Waals surface area contributed by atoms with Crippen molar-refractivity contribution >= 4 is 22.9 Å². The molecule has 17 heavy (non-hydrogen) atoms. The van der Waals surface area contributed by atoms with Crippen molar-refractivity contribution in [3.8, 4) is 0 Å². The molecular formula is C13H25IN2O. The minimum atomic E-state index is -0.00401. The fourth-order valence-corrected chi connectivity index (χ4v) is 3.56. The van der Waals surface area contributed by atoms with Crippen molar-refractivity contribution in [3.05, 3.63) is 0 Å². The van der Waals surface area contributed by atoms with Crippen molar-refractivity contribution in [1.29, 1.82) is 0 Å². The Morgan fingerprint density at radius 3 is 2.24 bits per heavy atom. The third-order valence-electron chi connectivity index (χ3n) is 3.92. The van der Waals surface area contributed by atoms with Crippen LogP contribution in [-0.4, -0.2) is 51.4 Å². The molecule has 2 rings (SSSR count). The number of ether oxygens (including phenoxy) is 1. The van der Waals surface area contributed by atoms with Crippen LogP contribution in [0.4, 0.5) is 0 Å². The molecule has 100 valence electrons. The van der Waals surface area contributed by atoms with Gasteiger partial charge in [-0.05, 0) is 40.5 Å². The summed E-state index contributed by atoms with van der Waals surface area (Å²) in [5.41, 5.74) is 0.101. The molecule has 2 aliphatic rings. The van der Waals surface area contributed by atoms with Crippen LogP contribution >= 0.6 is 22.9 Å². The second-order valence-corrected chi connectivity index (χ2v) is 7.82. The van der Waals surface area contributed by atoms with E-state index >= 15 is 0 Å². The van der Waals surface area contributed by atoms with E-state index < -0.39 is 0 Å². The summed E-state index contributed by atoms with van der Waals surface area (Å²) in [7, 11) is 0. The topological polar surface area (TPSA) is 15.7 Å². The Morgan fingerprint density at radius 2 is 1.71 bits per heavy atom. The van der Waals surface area contributed by atoms with Gasteiger partial charge in [-0.2, -0.15) is 0 Å². The summed E-state index contributed by atoms with van der Waals surface area (Å²) in [4.78, 5) is 2.59. The first kappa shape index (κ1) is 14.0. The highest BCUT2D eigenvalue weighted by atomic mass is 127. The van der Waals surface area contributed by atoms with E-state index in [0.717, 1.165) is 26.2 Å². The van der Waals surface area contributed by atoms with Gasteiger partial charge in [0.1, 0.15) is 0 Å². The van der Waals surface area contributed by atoms with Gasteiger partial charge in [-0.1, -0.05) is 0 Å². The predicted octanol–water partition coefficient (Wildman–Crippen LogP) is 2.69. The van der Waals surface area contributed by atoms with Gasteiger partial charge in [-0.3, -0.25) is 4.90 Å². The number of rotatable bonds is 1. The molecule has 0 saturated carbocycles. The molecule has 3 nitrogen and oxygen atoms in total. The maximum Gasteiger partial charge on any atom is 0.0841 e. The highest BCUT2D eigenvalue weighted by molar-refractivity contribution is 14.1. The highest BCUT2D eigenvalue weighted by Crippen LogP contribution is 2.37. The van der Waals surface area contributed by atoms with Gasteiger partial charge in [0.15, 0.2) is 0 Å². The summed E-state index contributed by atoms with van der Waals surface area (Å²) in [6.07, 6.45) is 2.34. The molecule has 0 radical (unpaired) electrons. The standard InChI is InChI=1S/C13H25IN2O/c1-11(2)15-9-12(3,4)17-13(10-15)5-7-16(14)8-6-13/h11H,5-10H2,1-4H3. The lowest BCUT2D eigenvalue weighted by molar-refractivity contribution is -0.213. The lowest BCUT2D eigenvalue weighted by Gasteiger charge is -2.53. The normalized spacial score (nSPS) is 30.0. The van der Waals surface area contributed by atoms with E-state index in [1.54, 1.807) is 0 Å². The Balaban J connectivity index is 2.11. The molecule has 2 heterocycles.